The average molecular weight is 670 g/mol. The summed E-state index contributed by atoms with van der Waals surface area (Å²) >= 11 is 0. The minimum absolute atomic E-state index is 0. The van der Waals surface area contributed by atoms with Gasteiger partial charge in [-0.25, -0.2) is 18.0 Å². The van der Waals surface area contributed by atoms with Crippen LogP contribution < -0.4 is 14.8 Å². The molecule has 0 aromatic heterocycles. The van der Waals surface area contributed by atoms with Gasteiger partial charge in [-0.05, 0) is 65.6 Å². The van der Waals surface area contributed by atoms with Crippen molar-refractivity contribution in [1.29, 1.82) is 0 Å². The van der Waals surface area contributed by atoms with Crippen LogP contribution in [0.5, 0.6) is 11.5 Å². The van der Waals surface area contributed by atoms with E-state index in [1.165, 1.54) is 0 Å². The predicted octanol–water partition coefficient (Wildman–Crippen LogP) is 6.81. The number of hydrogen-bond donors (Lipinski definition) is 2. The fourth-order valence-corrected chi connectivity index (χ4v) is 5.90. The van der Waals surface area contributed by atoms with Gasteiger partial charge in [-0.2, -0.15) is 0 Å². The molecule has 246 valence electrons. The number of aliphatic carboxylic acids is 1. The maximum atomic E-state index is 14.0. The van der Waals surface area contributed by atoms with Crippen molar-refractivity contribution in [2.45, 2.75) is 57.7 Å². The van der Waals surface area contributed by atoms with E-state index in [9.17, 15) is 23.1 Å². The highest BCUT2D eigenvalue weighted by Crippen LogP contribution is 2.45. The van der Waals surface area contributed by atoms with Gasteiger partial charge in [0.25, 0.3) is 0 Å². The van der Waals surface area contributed by atoms with Crippen molar-refractivity contribution in [3.63, 3.8) is 0 Å². The number of rotatable bonds is 12. The van der Waals surface area contributed by atoms with Gasteiger partial charge in [0, 0.05) is 50.3 Å². The molecule has 3 aromatic carbocycles. The molecule has 4 atom stereocenters. The first kappa shape index (κ1) is 36.5. The van der Waals surface area contributed by atoms with E-state index in [4.69, 9.17) is 9.47 Å². The molecule has 1 aliphatic carbocycles. The van der Waals surface area contributed by atoms with Crippen LogP contribution >= 0.6 is 24.8 Å². The number of likely N-dealkylation sites (tertiary alicyclic amines) is 1. The van der Waals surface area contributed by atoms with Crippen molar-refractivity contribution in [3.8, 4) is 11.5 Å². The molecule has 1 saturated heterocycles. The number of nitrogens with one attached hydrogen (secondary N) is 1. The molecule has 2 unspecified atom stereocenters. The molecule has 0 radical (unpaired) electrons. The van der Waals surface area contributed by atoms with Crippen molar-refractivity contribution in [2.75, 3.05) is 26.2 Å². The van der Waals surface area contributed by atoms with Gasteiger partial charge in [0.05, 0.1) is 0 Å². The Bertz CT molecular complexity index is 1440. The van der Waals surface area contributed by atoms with Crippen molar-refractivity contribution in [2.24, 2.45) is 11.8 Å². The third-order valence-electron chi connectivity index (χ3n) is 8.48. The molecule has 11 heteroatoms. The predicted molar refractivity (Wildman–Crippen MR) is 172 cm³/mol. The Kier molecular flexibility index (Phi) is 11.9. The number of fused-ring (bicyclic) bond motifs is 1. The first-order valence-electron chi connectivity index (χ1n) is 14.7. The fraction of sp³-hybridized carbons (Fsp3) is 0.441. The average Bonchev–Trinajstić information content (AvgIpc) is 3.39. The smallest absolute Gasteiger partial charge is 0.348 e. The van der Waals surface area contributed by atoms with Gasteiger partial charge in [0.15, 0.2) is 11.6 Å². The minimum atomic E-state index is -1.43. The SMILES string of the molecule is CC(C)(C)c1ccc(O[C@@](C)(Cc2ccc(OCCNC3C4CN(Cc5cc(F)c(F)cc5F)C[C@@H]43)cc2)C(=O)O)cc1.Cl.Cl. The maximum absolute atomic E-state index is 14.0. The van der Waals surface area contributed by atoms with Crippen LogP contribution in [0, 0.1) is 29.3 Å². The highest BCUT2D eigenvalue weighted by molar-refractivity contribution is 5.85. The standard InChI is InChI=1S/C34H39F3N2O4.2ClH/c1-33(2,3)23-7-11-25(12-8-23)43-34(4,32(40)41)17-21-5-9-24(10-6-21)42-14-13-38-31-26-19-39(20-27(26)31)18-22-15-29(36)30(37)16-28(22)35;;/h5-12,15-16,26-27,31,38H,13-14,17-20H2,1-4H3,(H,40,41);2*1H/t26-,27?,31?,34-;;/m0../s1. The molecule has 5 rings (SSSR count). The summed E-state index contributed by atoms with van der Waals surface area (Å²) in [6, 6.07) is 16.8. The fourth-order valence-electron chi connectivity index (χ4n) is 5.90. The third-order valence-corrected chi connectivity index (χ3v) is 8.48. The van der Waals surface area contributed by atoms with E-state index in [0.717, 1.165) is 30.3 Å². The van der Waals surface area contributed by atoms with Crippen LogP contribution in [0.4, 0.5) is 13.2 Å². The molecule has 1 heterocycles. The van der Waals surface area contributed by atoms with Gasteiger partial charge in [0.2, 0.25) is 5.60 Å². The van der Waals surface area contributed by atoms with E-state index in [1.54, 1.807) is 6.92 Å². The molecule has 3 aromatic rings. The normalized spacial score (nSPS) is 20.3. The van der Waals surface area contributed by atoms with Crippen molar-refractivity contribution in [1.82, 2.24) is 10.2 Å². The lowest BCUT2D eigenvalue weighted by atomic mass is 9.87. The Morgan fingerprint density at radius 1 is 0.889 bits per heavy atom. The molecule has 45 heavy (non-hydrogen) atoms. The number of nitrogens with zero attached hydrogens (tertiary/aromatic N) is 1. The number of halogens is 5. The quantitative estimate of drug-likeness (QED) is 0.163. The van der Waals surface area contributed by atoms with E-state index < -0.39 is 29.0 Å². The Labute approximate surface area is 275 Å². The van der Waals surface area contributed by atoms with Crippen LogP contribution in [-0.2, 0) is 23.2 Å². The van der Waals surface area contributed by atoms with Gasteiger partial charge >= 0.3 is 5.97 Å². The molecule has 1 saturated carbocycles. The summed E-state index contributed by atoms with van der Waals surface area (Å²) in [6.07, 6.45) is 0.190. The van der Waals surface area contributed by atoms with Crippen LogP contribution in [0.3, 0.4) is 0 Å². The minimum Gasteiger partial charge on any atom is -0.492 e. The summed E-state index contributed by atoms with van der Waals surface area (Å²) in [5.74, 6) is -1.84. The van der Waals surface area contributed by atoms with E-state index >= 15 is 0 Å². The lowest BCUT2D eigenvalue weighted by Gasteiger charge is -2.27. The Hall–Kier alpha value is -2.98. The molecule has 0 spiro atoms. The summed E-state index contributed by atoms with van der Waals surface area (Å²) in [6.45, 7) is 10.9. The largest absolute Gasteiger partial charge is 0.492 e. The lowest BCUT2D eigenvalue weighted by molar-refractivity contribution is -0.153. The zero-order valence-corrected chi connectivity index (χ0v) is 27.5. The molecule has 2 fully saturated rings. The second kappa shape index (κ2) is 14.6. The lowest BCUT2D eigenvalue weighted by Crippen LogP contribution is -2.43. The maximum Gasteiger partial charge on any atom is 0.348 e. The van der Waals surface area contributed by atoms with Crippen molar-refractivity contribution < 1.29 is 32.5 Å². The first-order chi connectivity index (χ1) is 20.3. The molecule has 6 nitrogen and oxygen atoms in total. The summed E-state index contributed by atoms with van der Waals surface area (Å²) in [4.78, 5) is 14.2. The second-order valence-electron chi connectivity index (χ2n) is 12.9. The van der Waals surface area contributed by atoms with Crippen LogP contribution in [0.15, 0.2) is 60.7 Å². The summed E-state index contributed by atoms with van der Waals surface area (Å²) < 4.78 is 52.5. The molecule has 2 N–H and O–H groups in total. The number of carbonyl (C=O) groups is 1. The first-order valence-corrected chi connectivity index (χ1v) is 14.7. The van der Waals surface area contributed by atoms with Gasteiger partial charge < -0.3 is 19.9 Å². The number of carboxylic acid groups (broad SMARTS) is 1. The molecule has 1 aliphatic heterocycles. The number of piperidine rings is 1. The zero-order chi connectivity index (χ0) is 30.9. The van der Waals surface area contributed by atoms with E-state index in [-0.39, 0.29) is 48.8 Å². The van der Waals surface area contributed by atoms with Crippen molar-refractivity contribution >= 4 is 30.8 Å². The van der Waals surface area contributed by atoms with Gasteiger partial charge in [0.1, 0.15) is 23.9 Å². The second-order valence-corrected chi connectivity index (χ2v) is 12.9. The summed E-state index contributed by atoms with van der Waals surface area (Å²) in [7, 11) is 0. The van der Waals surface area contributed by atoms with Crippen LogP contribution in [0.25, 0.3) is 0 Å². The third kappa shape index (κ3) is 8.85. The van der Waals surface area contributed by atoms with E-state index in [2.05, 4.69) is 31.0 Å². The van der Waals surface area contributed by atoms with Crippen LogP contribution in [0.1, 0.15) is 44.4 Å². The van der Waals surface area contributed by atoms with Crippen LogP contribution in [-0.4, -0.2) is 53.9 Å². The molecular weight excluding hydrogens is 628 g/mol. The number of carboxylic acids is 1. The van der Waals surface area contributed by atoms with E-state index in [1.807, 2.05) is 48.5 Å². The highest BCUT2D eigenvalue weighted by atomic mass is 35.5. The Morgan fingerprint density at radius 2 is 1.47 bits per heavy atom. The van der Waals surface area contributed by atoms with Gasteiger partial charge in [-0.1, -0.05) is 45.0 Å². The highest BCUT2D eigenvalue weighted by Gasteiger charge is 2.55. The molecular formula is C34H41Cl2F3N2O4. The number of benzene rings is 3. The van der Waals surface area contributed by atoms with Crippen LogP contribution in [0.2, 0.25) is 0 Å². The summed E-state index contributed by atoms with van der Waals surface area (Å²) in [5, 5.41) is 13.5. The Morgan fingerprint density at radius 3 is 2.04 bits per heavy atom. The molecule has 0 amide bonds. The number of hydrogen-bond acceptors (Lipinski definition) is 5. The van der Waals surface area contributed by atoms with Crippen molar-refractivity contribution in [3.05, 3.63) is 94.8 Å². The van der Waals surface area contributed by atoms with Gasteiger partial charge in [-0.15, -0.1) is 24.8 Å². The number of ether oxygens (including phenoxy) is 2. The van der Waals surface area contributed by atoms with E-state index in [0.29, 0.717) is 48.6 Å². The molecule has 2 aliphatic rings. The molecule has 0 bridgehead atoms. The topological polar surface area (TPSA) is 71.0 Å². The zero-order valence-electron chi connectivity index (χ0n) is 25.8. The summed E-state index contributed by atoms with van der Waals surface area (Å²) in [5.41, 5.74) is 0.698. The monoisotopic (exact) mass is 668 g/mol. The van der Waals surface area contributed by atoms with Gasteiger partial charge in [-0.3, -0.25) is 4.90 Å². The Balaban J connectivity index is 0.00000276.